The van der Waals surface area contributed by atoms with Crippen molar-refractivity contribution >= 4 is 21.5 Å². The molecule has 0 heterocycles. The Bertz CT molecular complexity index is 1510. The molecule has 0 aliphatic rings. The third-order valence-electron chi connectivity index (χ3n) is 5.37. The van der Waals surface area contributed by atoms with E-state index in [9.17, 15) is 52.7 Å². The SMILES string of the molecule is COc1c(F)c(F)c2c(F)c(F)c(F)c(F)c2c1-c1c(OC)c(F)c(F)c2c(F)c(F)c(F)c(F)c12. The molecule has 0 aliphatic carbocycles. The average molecular weight is 530 g/mol. The molecule has 0 amide bonds. The minimum Gasteiger partial charge on any atom is -0.493 e. The summed E-state index contributed by atoms with van der Waals surface area (Å²) >= 11 is 0. The Hall–Kier alpha value is -3.84. The highest BCUT2D eigenvalue weighted by atomic mass is 19.2. The van der Waals surface area contributed by atoms with Crippen molar-refractivity contribution in [2.75, 3.05) is 14.2 Å². The number of hydrogen-bond acceptors (Lipinski definition) is 2. The zero-order chi connectivity index (χ0) is 27.0. The van der Waals surface area contributed by atoms with Gasteiger partial charge in [0.25, 0.3) is 0 Å². The Morgan fingerprint density at radius 2 is 0.528 bits per heavy atom. The van der Waals surface area contributed by atoms with E-state index < -0.39 is 114 Å². The van der Waals surface area contributed by atoms with Crippen molar-refractivity contribution < 1.29 is 62.2 Å². The number of methoxy groups -OCH3 is 2. The summed E-state index contributed by atoms with van der Waals surface area (Å²) in [5.74, 6) is -32.9. The standard InChI is InChI=1S/C22H6F12O2/c1-35-21-5(3-7(13(27)19(21)33)11(25)17(31)15(29)9(3)23)6-4-8(14(28)20(34)22(6)36-2)12(26)18(32)16(30)10(4)24/h1-2H3. The molecule has 0 fully saturated rings. The molecule has 4 rings (SSSR count). The molecule has 2 nitrogen and oxygen atoms in total. The van der Waals surface area contributed by atoms with Crippen LogP contribution in [0, 0.1) is 69.8 Å². The number of rotatable bonds is 3. The second-order valence-corrected chi connectivity index (χ2v) is 7.08. The maximum absolute atomic E-state index is 14.9. The van der Waals surface area contributed by atoms with Gasteiger partial charge in [-0.25, -0.2) is 43.9 Å². The fourth-order valence-electron chi connectivity index (χ4n) is 3.87. The minimum absolute atomic E-state index is 0.549. The van der Waals surface area contributed by atoms with E-state index in [1.165, 1.54) is 0 Å². The summed E-state index contributed by atoms with van der Waals surface area (Å²) in [6, 6.07) is 0. The molecule has 36 heavy (non-hydrogen) atoms. The predicted octanol–water partition coefficient (Wildman–Crippen LogP) is 7.35. The van der Waals surface area contributed by atoms with Gasteiger partial charge in [-0.2, -0.15) is 8.78 Å². The van der Waals surface area contributed by atoms with Crippen LogP contribution in [0.3, 0.4) is 0 Å². The van der Waals surface area contributed by atoms with E-state index in [4.69, 9.17) is 0 Å². The molecule has 4 aromatic carbocycles. The fourth-order valence-corrected chi connectivity index (χ4v) is 3.87. The van der Waals surface area contributed by atoms with Crippen LogP contribution in [0.4, 0.5) is 52.7 Å². The lowest BCUT2D eigenvalue weighted by molar-refractivity contribution is 0.367. The Labute approximate surface area is 191 Å². The molecule has 0 aromatic heterocycles. The quantitative estimate of drug-likeness (QED) is 0.157. The van der Waals surface area contributed by atoms with Crippen LogP contribution >= 0.6 is 0 Å². The largest absolute Gasteiger partial charge is 0.493 e. The van der Waals surface area contributed by atoms with Crippen LogP contribution in [0.15, 0.2) is 0 Å². The summed E-state index contributed by atoms with van der Waals surface area (Å²) in [6.07, 6.45) is 0. The van der Waals surface area contributed by atoms with Crippen LogP contribution in [0.2, 0.25) is 0 Å². The van der Waals surface area contributed by atoms with Gasteiger partial charge >= 0.3 is 0 Å². The summed E-state index contributed by atoms with van der Waals surface area (Å²) in [6.45, 7) is 0. The van der Waals surface area contributed by atoms with Crippen LogP contribution in [-0.2, 0) is 0 Å². The summed E-state index contributed by atoms with van der Waals surface area (Å²) in [5, 5.41) is -7.47. The van der Waals surface area contributed by atoms with Gasteiger partial charge in [0, 0.05) is 21.9 Å². The maximum atomic E-state index is 14.9. The molecule has 0 radical (unpaired) electrons. The number of ether oxygens (including phenoxy) is 2. The van der Waals surface area contributed by atoms with Crippen molar-refractivity contribution in [2.45, 2.75) is 0 Å². The molecule has 0 N–H and O–H groups in total. The Morgan fingerprint density at radius 1 is 0.306 bits per heavy atom. The monoisotopic (exact) mass is 530 g/mol. The summed E-state index contributed by atoms with van der Waals surface area (Å²) in [4.78, 5) is 0. The van der Waals surface area contributed by atoms with Crippen molar-refractivity contribution in [2.24, 2.45) is 0 Å². The number of fused-ring (bicyclic) bond motifs is 2. The van der Waals surface area contributed by atoms with Crippen molar-refractivity contribution in [3.8, 4) is 22.6 Å². The Kier molecular flexibility index (Phi) is 5.88. The third-order valence-corrected chi connectivity index (χ3v) is 5.37. The van der Waals surface area contributed by atoms with Crippen molar-refractivity contribution in [1.82, 2.24) is 0 Å². The molecule has 0 atom stereocenters. The van der Waals surface area contributed by atoms with Crippen LogP contribution in [0.1, 0.15) is 0 Å². The molecule has 0 unspecified atom stereocenters. The van der Waals surface area contributed by atoms with Crippen LogP contribution in [-0.4, -0.2) is 14.2 Å². The topological polar surface area (TPSA) is 18.5 Å². The molecule has 0 saturated heterocycles. The molecule has 14 heteroatoms. The van der Waals surface area contributed by atoms with Crippen LogP contribution in [0.5, 0.6) is 11.5 Å². The van der Waals surface area contributed by atoms with Crippen LogP contribution < -0.4 is 9.47 Å². The Balaban J connectivity index is 2.52. The first-order valence-corrected chi connectivity index (χ1v) is 9.24. The van der Waals surface area contributed by atoms with Gasteiger partial charge in [0.1, 0.15) is 0 Å². The van der Waals surface area contributed by atoms with Crippen LogP contribution in [0.25, 0.3) is 32.7 Å². The highest BCUT2D eigenvalue weighted by Crippen LogP contribution is 2.51. The van der Waals surface area contributed by atoms with Gasteiger partial charge in [-0.05, 0) is 0 Å². The van der Waals surface area contributed by atoms with Gasteiger partial charge < -0.3 is 9.47 Å². The van der Waals surface area contributed by atoms with E-state index in [1.54, 1.807) is 0 Å². The maximum Gasteiger partial charge on any atom is 0.202 e. The molecule has 4 aromatic rings. The van der Waals surface area contributed by atoms with Gasteiger partial charge in [0.15, 0.2) is 69.7 Å². The van der Waals surface area contributed by atoms with E-state index in [0.29, 0.717) is 14.2 Å². The smallest absolute Gasteiger partial charge is 0.202 e. The lowest BCUT2D eigenvalue weighted by Crippen LogP contribution is -2.09. The number of halogens is 12. The van der Waals surface area contributed by atoms with Gasteiger partial charge in [-0.15, -0.1) is 0 Å². The molecular formula is C22H6F12O2. The van der Waals surface area contributed by atoms with Gasteiger partial charge in [-0.3, -0.25) is 0 Å². The van der Waals surface area contributed by atoms with Crippen molar-refractivity contribution in [3.05, 3.63) is 69.8 Å². The minimum atomic E-state index is -2.62. The fraction of sp³-hybridized carbons (Fsp3) is 0.0909. The Morgan fingerprint density at radius 3 is 0.778 bits per heavy atom. The predicted molar refractivity (Wildman–Crippen MR) is 99.5 cm³/mol. The molecule has 0 aliphatic heterocycles. The highest BCUT2D eigenvalue weighted by molar-refractivity contribution is 6.11. The first kappa shape index (κ1) is 25.3. The third kappa shape index (κ3) is 3.02. The second kappa shape index (κ2) is 8.38. The van der Waals surface area contributed by atoms with E-state index in [-0.39, 0.29) is 0 Å². The zero-order valence-electron chi connectivity index (χ0n) is 17.4. The molecule has 0 bridgehead atoms. The average Bonchev–Trinajstić information content (AvgIpc) is 2.86. The zero-order valence-corrected chi connectivity index (χ0v) is 17.4. The van der Waals surface area contributed by atoms with E-state index in [1.807, 2.05) is 0 Å². The summed E-state index contributed by atoms with van der Waals surface area (Å²) < 4.78 is 183. The number of benzene rings is 4. The van der Waals surface area contributed by atoms with Gasteiger partial charge in [0.2, 0.25) is 11.6 Å². The first-order chi connectivity index (χ1) is 16.8. The summed E-state index contributed by atoms with van der Waals surface area (Å²) in [5.41, 5.74) is -3.15. The van der Waals surface area contributed by atoms with Crippen molar-refractivity contribution in [1.29, 1.82) is 0 Å². The molecule has 0 spiro atoms. The summed E-state index contributed by atoms with van der Waals surface area (Å²) in [7, 11) is 1.10. The molecule has 0 saturated carbocycles. The lowest BCUT2D eigenvalue weighted by atomic mass is 9.90. The van der Waals surface area contributed by atoms with Crippen molar-refractivity contribution in [3.63, 3.8) is 0 Å². The van der Waals surface area contributed by atoms with E-state index in [2.05, 4.69) is 9.47 Å². The van der Waals surface area contributed by atoms with Gasteiger partial charge in [0.05, 0.1) is 25.0 Å². The van der Waals surface area contributed by atoms with Gasteiger partial charge in [-0.1, -0.05) is 0 Å². The molecular weight excluding hydrogens is 524 g/mol. The number of hydrogen-bond donors (Lipinski definition) is 0. The first-order valence-electron chi connectivity index (χ1n) is 9.24. The normalized spacial score (nSPS) is 11.6. The lowest BCUT2D eigenvalue weighted by Gasteiger charge is -2.21. The highest BCUT2D eigenvalue weighted by Gasteiger charge is 2.37. The molecule has 190 valence electrons. The van der Waals surface area contributed by atoms with E-state index in [0.717, 1.165) is 0 Å². The second-order valence-electron chi connectivity index (χ2n) is 7.08. The van der Waals surface area contributed by atoms with E-state index >= 15 is 0 Å².